The molecule has 2 nitrogen and oxygen atoms in total. The number of alkyl halides is 1. The SMILES string of the molecule is ICCCCC1OCCO1. The van der Waals surface area contributed by atoms with Crippen LogP contribution in [0.15, 0.2) is 0 Å². The van der Waals surface area contributed by atoms with E-state index in [1.165, 1.54) is 17.3 Å². The number of halogens is 1. The third kappa shape index (κ3) is 3.16. The zero-order valence-corrected chi connectivity index (χ0v) is 8.17. The van der Waals surface area contributed by atoms with Crippen LogP contribution in [0.25, 0.3) is 0 Å². The van der Waals surface area contributed by atoms with Crippen molar-refractivity contribution in [3.8, 4) is 0 Å². The maximum atomic E-state index is 5.27. The number of unbranched alkanes of at least 4 members (excludes halogenated alkanes) is 1. The van der Waals surface area contributed by atoms with Crippen LogP contribution < -0.4 is 0 Å². The third-order valence-electron chi connectivity index (χ3n) is 1.51. The van der Waals surface area contributed by atoms with E-state index < -0.39 is 0 Å². The Morgan fingerprint density at radius 1 is 1.20 bits per heavy atom. The number of rotatable bonds is 4. The Hall–Kier alpha value is 0.650. The van der Waals surface area contributed by atoms with Gasteiger partial charge in [0.1, 0.15) is 0 Å². The summed E-state index contributed by atoms with van der Waals surface area (Å²) in [4.78, 5) is 0. The van der Waals surface area contributed by atoms with Crippen LogP contribution in [0.1, 0.15) is 19.3 Å². The highest BCUT2D eigenvalue weighted by Crippen LogP contribution is 2.11. The van der Waals surface area contributed by atoms with Crippen molar-refractivity contribution in [2.24, 2.45) is 0 Å². The molecule has 0 bridgehead atoms. The van der Waals surface area contributed by atoms with Crippen LogP contribution in [0.2, 0.25) is 0 Å². The average molecular weight is 256 g/mol. The van der Waals surface area contributed by atoms with E-state index in [4.69, 9.17) is 9.47 Å². The fraction of sp³-hybridized carbons (Fsp3) is 1.00. The lowest BCUT2D eigenvalue weighted by Gasteiger charge is -2.06. The number of ether oxygens (including phenoxy) is 2. The van der Waals surface area contributed by atoms with E-state index in [9.17, 15) is 0 Å². The molecule has 0 unspecified atom stereocenters. The quantitative estimate of drug-likeness (QED) is 0.435. The maximum Gasteiger partial charge on any atom is 0.157 e. The summed E-state index contributed by atoms with van der Waals surface area (Å²) in [6.07, 6.45) is 3.70. The summed E-state index contributed by atoms with van der Waals surface area (Å²) in [5.74, 6) is 0. The van der Waals surface area contributed by atoms with Crippen molar-refractivity contribution in [2.75, 3.05) is 17.6 Å². The minimum Gasteiger partial charge on any atom is -0.350 e. The molecule has 0 amide bonds. The predicted molar refractivity (Wildman–Crippen MR) is 48.4 cm³/mol. The second kappa shape index (κ2) is 5.32. The molecule has 0 spiro atoms. The second-order valence-electron chi connectivity index (χ2n) is 2.36. The highest BCUT2D eigenvalue weighted by Gasteiger charge is 2.14. The van der Waals surface area contributed by atoms with E-state index in [1.54, 1.807) is 0 Å². The summed E-state index contributed by atoms with van der Waals surface area (Å²) in [6, 6.07) is 0. The molecular formula is C7H13IO2. The molecule has 1 rings (SSSR count). The second-order valence-corrected chi connectivity index (χ2v) is 3.43. The van der Waals surface area contributed by atoms with E-state index >= 15 is 0 Å². The molecule has 60 valence electrons. The maximum absolute atomic E-state index is 5.27. The minimum atomic E-state index is 0.114. The predicted octanol–water partition coefficient (Wildman–Crippen LogP) is 1.96. The highest BCUT2D eigenvalue weighted by atomic mass is 127. The molecule has 3 heteroatoms. The molecule has 0 aromatic rings. The van der Waals surface area contributed by atoms with Gasteiger partial charge < -0.3 is 9.47 Å². The molecule has 1 aliphatic heterocycles. The van der Waals surface area contributed by atoms with Gasteiger partial charge in [-0.25, -0.2) is 0 Å². The van der Waals surface area contributed by atoms with Crippen molar-refractivity contribution in [2.45, 2.75) is 25.6 Å². The smallest absolute Gasteiger partial charge is 0.157 e. The van der Waals surface area contributed by atoms with Gasteiger partial charge >= 0.3 is 0 Å². The fourth-order valence-electron chi connectivity index (χ4n) is 0.979. The van der Waals surface area contributed by atoms with Crippen molar-refractivity contribution in [3.05, 3.63) is 0 Å². The zero-order chi connectivity index (χ0) is 7.23. The van der Waals surface area contributed by atoms with Crippen molar-refractivity contribution in [1.29, 1.82) is 0 Å². The van der Waals surface area contributed by atoms with Crippen LogP contribution in [-0.2, 0) is 9.47 Å². The molecule has 1 aliphatic rings. The Bertz CT molecular complexity index is 81.7. The van der Waals surface area contributed by atoms with Crippen LogP contribution in [0, 0.1) is 0 Å². The molecule has 1 heterocycles. The van der Waals surface area contributed by atoms with E-state index in [0.29, 0.717) is 0 Å². The topological polar surface area (TPSA) is 18.5 Å². The Kier molecular flexibility index (Phi) is 4.65. The first-order valence-corrected chi connectivity index (χ1v) is 5.25. The first-order chi connectivity index (χ1) is 4.93. The lowest BCUT2D eigenvalue weighted by molar-refractivity contribution is -0.0476. The van der Waals surface area contributed by atoms with E-state index in [-0.39, 0.29) is 6.29 Å². The van der Waals surface area contributed by atoms with Gasteiger partial charge in [0.2, 0.25) is 0 Å². The molecule has 0 saturated carbocycles. The molecule has 0 aromatic carbocycles. The van der Waals surface area contributed by atoms with Gasteiger partial charge in [-0.1, -0.05) is 22.6 Å². The lowest BCUT2D eigenvalue weighted by atomic mass is 10.2. The van der Waals surface area contributed by atoms with Gasteiger partial charge in [0, 0.05) is 0 Å². The van der Waals surface area contributed by atoms with Gasteiger partial charge in [-0.15, -0.1) is 0 Å². The van der Waals surface area contributed by atoms with Crippen LogP contribution in [0.5, 0.6) is 0 Å². The Morgan fingerprint density at radius 2 is 1.90 bits per heavy atom. The molecular weight excluding hydrogens is 243 g/mol. The first-order valence-electron chi connectivity index (χ1n) is 3.72. The Morgan fingerprint density at radius 3 is 2.50 bits per heavy atom. The third-order valence-corrected chi connectivity index (χ3v) is 2.28. The van der Waals surface area contributed by atoms with Gasteiger partial charge in [-0.2, -0.15) is 0 Å². The highest BCUT2D eigenvalue weighted by molar-refractivity contribution is 14.1. The summed E-state index contributed by atoms with van der Waals surface area (Å²) in [5.41, 5.74) is 0. The van der Waals surface area contributed by atoms with E-state index in [1.807, 2.05) is 0 Å². The summed E-state index contributed by atoms with van der Waals surface area (Å²) in [7, 11) is 0. The van der Waals surface area contributed by atoms with Gasteiger partial charge in [-0.3, -0.25) is 0 Å². The summed E-state index contributed by atoms with van der Waals surface area (Å²) < 4.78 is 11.8. The molecule has 0 radical (unpaired) electrons. The normalized spacial score (nSPS) is 20.1. The average Bonchev–Trinajstić information content (AvgIpc) is 2.41. The van der Waals surface area contributed by atoms with Crippen molar-refractivity contribution < 1.29 is 9.47 Å². The van der Waals surface area contributed by atoms with Crippen LogP contribution in [-0.4, -0.2) is 23.9 Å². The largest absolute Gasteiger partial charge is 0.350 e. The molecule has 0 aliphatic carbocycles. The van der Waals surface area contributed by atoms with Crippen molar-refractivity contribution in [3.63, 3.8) is 0 Å². The molecule has 0 atom stereocenters. The monoisotopic (exact) mass is 256 g/mol. The van der Waals surface area contributed by atoms with Gasteiger partial charge in [-0.05, 0) is 23.7 Å². The molecule has 10 heavy (non-hydrogen) atoms. The standard InChI is InChI=1S/C7H13IO2/c8-4-2-1-3-7-9-5-6-10-7/h7H,1-6H2. The van der Waals surface area contributed by atoms with Gasteiger partial charge in [0.05, 0.1) is 13.2 Å². The van der Waals surface area contributed by atoms with E-state index in [0.717, 1.165) is 19.6 Å². The molecule has 1 saturated heterocycles. The number of hydrogen-bond donors (Lipinski definition) is 0. The van der Waals surface area contributed by atoms with Gasteiger partial charge in [0.15, 0.2) is 6.29 Å². The zero-order valence-electron chi connectivity index (χ0n) is 6.01. The summed E-state index contributed by atoms with van der Waals surface area (Å²) >= 11 is 2.39. The summed E-state index contributed by atoms with van der Waals surface area (Å²) in [6.45, 7) is 1.57. The van der Waals surface area contributed by atoms with Crippen molar-refractivity contribution >= 4 is 22.6 Å². The molecule has 1 fully saturated rings. The number of hydrogen-bond acceptors (Lipinski definition) is 2. The Labute approximate surface area is 75.4 Å². The van der Waals surface area contributed by atoms with Crippen LogP contribution >= 0.6 is 22.6 Å². The van der Waals surface area contributed by atoms with Crippen LogP contribution in [0.4, 0.5) is 0 Å². The van der Waals surface area contributed by atoms with Crippen LogP contribution in [0.3, 0.4) is 0 Å². The van der Waals surface area contributed by atoms with E-state index in [2.05, 4.69) is 22.6 Å². The minimum absolute atomic E-state index is 0.114. The lowest BCUT2D eigenvalue weighted by Crippen LogP contribution is -2.06. The molecule has 0 aromatic heterocycles. The van der Waals surface area contributed by atoms with Crippen molar-refractivity contribution in [1.82, 2.24) is 0 Å². The first kappa shape index (κ1) is 8.74. The Balaban J connectivity index is 1.91. The summed E-state index contributed by atoms with van der Waals surface area (Å²) in [5, 5.41) is 0. The molecule has 0 N–H and O–H groups in total. The van der Waals surface area contributed by atoms with Gasteiger partial charge in [0.25, 0.3) is 0 Å². The fourth-order valence-corrected chi connectivity index (χ4v) is 1.52.